The fourth-order valence-electron chi connectivity index (χ4n) is 2.15. The Labute approximate surface area is 117 Å². The smallest absolute Gasteiger partial charge is 0.307 e. The van der Waals surface area contributed by atoms with E-state index in [1.54, 1.807) is 6.92 Å². The molecule has 1 N–H and O–H groups in total. The van der Waals surface area contributed by atoms with Crippen LogP contribution in [0.1, 0.15) is 31.9 Å². The van der Waals surface area contributed by atoms with E-state index in [4.69, 9.17) is 5.11 Å². The highest BCUT2D eigenvalue weighted by atomic mass is 79.9. The van der Waals surface area contributed by atoms with Crippen LogP contribution >= 0.6 is 15.9 Å². The number of carboxylic acid groups (broad SMARTS) is 1. The van der Waals surface area contributed by atoms with Gasteiger partial charge in [-0.15, -0.1) is 0 Å². The van der Waals surface area contributed by atoms with Gasteiger partial charge in [-0.3, -0.25) is 9.69 Å². The third-order valence-electron chi connectivity index (χ3n) is 3.14. The Hall–Kier alpha value is -0.870. The van der Waals surface area contributed by atoms with Crippen molar-refractivity contribution >= 4 is 21.9 Å². The summed E-state index contributed by atoms with van der Waals surface area (Å²) in [7, 11) is 1.98. The average Bonchev–Trinajstić information content (AvgIpc) is 2.29. The number of carbonyl (C=O) groups is 1. The van der Waals surface area contributed by atoms with Crippen molar-refractivity contribution in [3.63, 3.8) is 0 Å². The molecule has 2 atom stereocenters. The maximum Gasteiger partial charge on any atom is 0.307 e. The Morgan fingerprint density at radius 1 is 1.50 bits per heavy atom. The van der Waals surface area contributed by atoms with E-state index in [1.807, 2.05) is 19.2 Å². The molecule has 0 aromatic heterocycles. The van der Waals surface area contributed by atoms with E-state index in [2.05, 4.69) is 39.9 Å². The Kier molecular flexibility index (Phi) is 5.82. The molecular weight excluding hydrogens is 294 g/mol. The summed E-state index contributed by atoms with van der Waals surface area (Å²) in [5.41, 5.74) is 1.21. The van der Waals surface area contributed by atoms with Crippen molar-refractivity contribution in [2.75, 3.05) is 13.6 Å². The minimum absolute atomic E-state index is 0.254. The zero-order valence-electron chi connectivity index (χ0n) is 11.1. The third-order valence-corrected chi connectivity index (χ3v) is 3.63. The standard InChI is InChI=1S/C14H20BrNO2/c1-4-13(11-6-5-7-12(15)8-11)16(3)9-10(2)14(17)18/h5-8,10,13H,4,9H2,1-3H3,(H,17,18). The molecular formula is C14H20BrNO2. The van der Waals surface area contributed by atoms with Crippen LogP contribution < -0.4 is 0 Å². The molecule has 1 aromatic rings. The molecule has 0 amide bonds. The largest absolute Gasteiger partial charge is 0.481 e. The lowest BCUT2D eigenvalue weighted by Crippen LogP contribution is -2.31. The molecule has 4 heteroatoms. The minimum atomic E-state index is -0.744. The van der Waals surface area contributed by atoms with Gasteiger partial charge in [0.25, 0.3) is 0 Å². The van der Waals surface area contributed by atoms with E-state index >= 15 is 0 Å². The number of aliphatic carboxylic acids is 1. The number of hydrogen-bond acceptors (Lipinski definition) is 2. The van der Waals surface area contributed by atoms with Crippen molar-refractivity contribution in [2.45, 2.75) is 26.3 Å². The van der Waals surface area contributed by atoms with Crippen molar-refractivity contribution in [3.05, 3.63) is 34.3 Å². The van der Waals surface area contributed by atoms with Crippen LogP contribution in [0, 0.1) is 5.92 Å². The van der Waals surface area contributed by atoms with E-state index in [-0.39, 0.29) is 12.0 Å². The molecule has 1 rings (SSSR count). The lowest BCUT2D eigenvalue weighted by molar-refractivity contribution is -0.141. The van der Waals surface area contributed by atoms with E-state index in [0.29, 0.717) is 6.54 Å². The molecule has 0 saturated heterocycles. The van der Waals surface area contributed by atoms with Crippen molar-refractivity contribution in [1.29, 1.82) is 0 Å². The number of nitrogens with zero attached hydrogens (tertiary/aromatic N) is 1. The van der Waals surface area contributed by atoms with E-state index in [0.717, 1.165) is 10.9 Å². The van der Waals surface area contributed by atoms with Gasteiger partial charge in [-0.1, -0.05) is 41.9 Å². The molecule has 0 bridgehead atoms. The molecule has 18 heavy (non-hydrogen) atoms. The topological polar surface area (TPSA) is 40.5 Å². The highest BCUT2D eigenvalue weighted by Gasteiger charge is 2.20. The fraction of sp³-hybridized carbons (Fsp3) is 0.500. The van der Waals surface area contributed by atoms with Crippen LogP contribution in [0.2, 0.25) is 0 Å². The number of rotatable bonds is 6. The van der Waals surface area contributed by atoms with Crippen LogP contribution in [0.25, 0.3) is 0 Å². The van der Waals surface area contributed by atoms with Gasteiger partial charge in [-0.25, -0.2) is 0 Å². The summed E-state index contributed by atoms with van der Waals surface area (Å²) < 4.78 is 1.05. The molecule has 100 valence electrons. The third kappa shape index (κ3) is 4.10. The van der Waals surface area contributed by atoms with Crippen LogP contribution in [-0.4, -0.2) is 29.6 Å². The summed E-state index contributed by atoms with van der Waals surface area (Å²) in [5.74, 6) is -1.10. The van der Waals surface area contributed by atoms with Gasteiger partial charge in [0.15, 0.2) is 0 Å². The summed E-state index contributed by atoms with van der Waals surface area (Å²) in [5, 5.41) is 8.97. The summed E-state index contributed by atoms with van der Waals surface area (Å²) in [6.07, 6.45) is 0.958. The number of carboxylic acids is 1. The number of benzene rings is 1. The molecule has 0 heterocycles. The van der Waals surface area contributed by atoms with Gasteiger partial charge >= 0.3 is 5.97 Å². The molecule has 2 unspecified atom stereocenters. The van der Waals surface area contributed by atoms with Crippen LogP contribution in [0.15, 0.2) is 28.7 Å². The highest BCUT2D eigenvalue weighted by Crippen LogP contribution is 2.26. The molecule has 1 aromatic carbocycles. The van der Waals surface area contributed by atoms with Crippen LogP contribution in [0.3, 0.4) is 0 Å². The maximum absolute atomic E-state index is 10.9. The van der Waals surface area contributed by atoms with Crippen LogP contribution in [0.4, 0.5) is 0 Å². The van der Waals surface area contributed by atoms with Gasteiger partial charge in [-0.2, -0.15) is 0 Å². The Morgan fingerprint density at radius 3 is 2.67 bits per heavy atom. The first-order valence-corrected chi connectivity index (χ1v) is 6.93. The number of halogens is 1. The maximum atomic E-state index is 10.9. The lowest BCUT2D eigenvalue weighted by Gasteiger charge is -2.29. The van der Waals surface area contributed by atoms with Gasteiger partial charge in [0.05, 0.1) is 5.92 Å². The normalized spacial score (nSPS) is 14.5. The summed E-state index contributed by atoms with van der Waals surface area (Å²) >= 11 is 3.47. The van der Waals surface area contributed by atoms with Gasteiger partial charge in [0, 0.05) is 17.1 Å². The van der Waals surface area contributed by atoms with Gasteiger partial charge in [0.2, 0.25) is 0 Å². The lowest BCUT2D eigenvalue weighted by atomic mass is 10.0. The zero-order chi connectivity index (χ0) is 13.7. The molecule has 3 nitrogen and oxygen atoms in total. The van der Waals surface area contributed by atoms with E-state index in [1.165, 1.54) is 5.56 Å². The zero-order valence-corrected chi connectivity index (χ0v) is 12.6. The quantitative estimate of drug-likeness (QED) is 0.873. The number of hydrogen-bond donors (Lipinski definition) is 1. The van der Waals surface area contributed by atoms with E-state index < -0.39 is 5.97 Å². The average molecular weight is 314 g/mol. The molecule has 0 aliphatic carbocycles. The second-order valence-electron chi connectivity index (χ2n) is 4.66. The second kappa shape index (κ2) is 6.90. The highest BCUT2D eigenvalue weighted by molar-refractivity contribution is 9.10. The molecule has 0 aliphatic rings. The van der Waals surface area contributed by atoms with Crippen molar-refractivity contribution in [3.8, 4) is 0 Å². The predicted octanol–water partition coefficient (Wildman–Crippen LogP) is 3.55. The first-order chi connectivity index (χ1) is 8.45. The molecule has 0 radical (unpaired) electrons. The summed E-state index contributed by atoms with van der Waals surface area (Å²) in [6.45, 7) is 4.42. The predicted molar refractivity (Wildman–Crippen MR) is 76.6 cm³/mol. The van der Waals surface area contributed by atoms with Crippen molar-refractivity contribution in [2.24, 2.45) is 5.92 Å². The first-order valence-electron chi connectivity index (χ1n) is 6.14. The SMILES string of the molecule is CCC(c1cccc(Br)c1)N(C)CC(C)C(=O)O. The Bertz CT molecular complexity index is 409. The van der Waals surface area contributed by atoms with Gasteiger partial charge in [0.1, 0.15) is 0 Å². The summed E-state index contributed by atoms with van der Waals surface area (Å²) in [6, 6.07) is 8.44. The molecule has 0 saturated carbocycles. The first kappa shape index (κ1) is 15.2. The van der Waals surface area contributed by atoms with E-state index in [9.17, 15) is 4.79 Å². The Balaban J connectivity index is 2.80. The summed E-state index contributed by atoms with van der Waals surface area (Å²) in [4.78, 5) is 13.0. The van der Waals surface area contributed by atoms with Crippen molar-refractivity contribution in [1.82, 2.24) is 4.90 Å². The molecule has 0 aliphatic heterocycles. The monoisotopic (exact) mass is 313 g/mol. The molecule has 0 fully saturated rings. The fourth-order valence-corrected chi connectivity index (χ4v) is 2.57. The molecule has 0 spiro atoms. The minimum Gasteiger partial charge on any atom is -0.481 e. The van der Waals surface area contributed by atoms with Crippen molar-refractivity contribution < 1.29 is 9.90 Å². The second-order valence-corrected chi connectivity index (χ2v) is 5.57. The van der Waals surface area contributed by atoms with Crippen LogP contribution in [0.5, 0.6) is 0 Å². The van der Waals surface area contributed by atoms with Gasteiger partial charge in [-0.05, 0) is 31.2 Å². The Morgan fingerprint density at radius 2 is 2.17 bits per heavy atom. The van der Waals surface area contributed by atoms with Crippen LogP contribution in [-0.2, 0) is 4.79 Å². The van der Waals surface area contributed by atoms with Gasteiger partial charge < -0.3 is 5.11 Å².